The zero-order valence-corrected chi connectivity index (χ0v) is 12.2. The first kappa shape index (κ1) is 14.7. The molecule has 0 atom stereocenters. The first-order valence-electron chi connectivity index (χ1n) is 7.42. The van der Waals surface area contributed by atoms with Crippen molar-refractivity contribution in [2.24, 2.45) is 5.92 Å². The van der Waals surface area contributed by atoms with E-state index in [0.717, 1.165) is 18.9 Å². The number of carbonyl (C=O) groups is 1. The summed E-state index contributed by atoms with van der Waals surface area (Å²) < 4.78 is 5.13. The van der Waals surface area contributed by atoms with Crippen molar-refractivity contribution in [1.29, 1.82) is 0 Å². The van der Waals surface area contributed by atoms with Crippen LogP contribution in [0.2, 0.25) is 0 Å². The molecule has 0 unspecified atom stereocenters. The fourth-order valence-electron chi connectivity index (χ4n) is 2.82. The molecule has 20 heavy (non-hydrogen) atoms. The van der Waals surface area contributed by atoms with Gasteiger partial charge in [-0.25, -0.2) is 0 Å². The second-order valence-electron chi connectivity index (χ2n) is 5.51. The summed E-state index contributed by atoms with van der Waals surface area (Å²) in [7, 11) is 1.55. The second kappa shape index (κ2) is 7.17. The predicted molar refractivity (Wildman–Crippen MR) is 80.9 cm³/mol. The maximum absolute atomic E-state index is 12.1. The molecule has 0 spiro atoms. The Balaban J connectivity index is 1.82. The largest absolute Gasteiger partial charge is 0.495 e. The fraction of sp³-hybridized carbons (Fsp3) is 0.562. The SMILES string of the molecule is COc1cc(C(=O)NCCC2CCCCC2)ccc1N. The predicted octanol–water partition coefficient (Wildman–Crippen LogP) is 2.98. The van der Waals surface area contributed by atoms with Crippen molar-refractivity contribution in [1.82, 2.24) is 5.32 Å². The molecule has 2 rings (SSSR count). The molecule has 1 aromatic carbocycles. The first-order chi connectivity index (χ1) is 9.70. The Morgan fingerprint density at radius 1 is 1.35 bits per heavy atom. The standard InChI is InChI=1S/C16H24N2O2/c1-20-15-11-13(7-8-14(15)17)16(19)18-10-9-12-5-3-2-4-6-12/h7-8,11-12H,2-6,9-10,17H2,1H3,(H,18,19). The molecule has 110 valence electrons. The molecule has 0 heterocycles. The lowest BCUT2D eigenvalue weighted by molar-refractivity contribution is 0.0950. The molecule has 0 bridgehead atoms. The highest BCUT2D eigenvalue weighted by atomic mass is 16.5. The highest BCUT2D eigenvalue weighted by Crippen LogP contribution is 2.26. The van der Waals surface area contributed by atoms with E-state index in [2.05, 4.69) is 5.32 Å². The van der Waals surface area contributed by atoms with Crippen LogP contribution in [0.1, 0.15) is 48.9 Å². The van der Waals surface area contributed by atoms with Crippen molar-refractivity contribution in [3.8, 4) is 5.75 Å². The average Bonchev–Trinajstić information content (AvgIpc) is 2.48. The average molecular weight is 276 g/mol. The van der Waals surface area contributed by atoms with Crippen LogP contribution in [0.25, 0.3) is 0 Å². The Hall–Kier alpha value is -1.71. The maximum atomic E-state index is 12.1. The van der Waals surface area contributed by atoms with E-state index >= 15 is 0 Å². The van der Waals surface area contributed by atoms with Gasteiger partial charge >= 0.3 is 0 Å². The van der Waals surface area contributed by atoms with Gasteiger partial charge in [-0.3, -0.25) is 4.79 Å². The van der Waals surface area contributed by atoms with Crippen LogP contribution in [-0.4, -0.2) is 19.6 Å². The molecule has 0 aliphatic heterocycles. The van der Waals surface area contributed by atoms with Gasteiger partial charge in [-0.2, -0.15) is 0 Å². The third-order valence-electron chi connectivity index (χ3n) is 4.06. The molecule has 1 saturated carbocycles. The summed E-state index contributed by atoms with van der Waals surface area (Å²) in [5.74, 6) is 1.27. The van der Waals surface area contributed by atoms with Gasteiger partial charge in [0.25, 0.3) is 5.91 Å². The highest BCUT2D eigenvalue weighted by Gasteiger charge is 2.14. The third kappa shape index (κ3) is 3.89. The number of benzene rings is 1. The summed E-state index contributed by atoms with van der Waals surface area (Å²) in [6.45, 7) is 0.746. The minimum absolute atomic E-state index is 0.0564. The molecule has 4 heteroatoms. The molecule has 1 amide bonds. The summed E-state index contributed by atoms with van der Waals surface area (Å²) >= 11 is 0. The van der Waals surface area contributed by atoms with Gasteiger partial charge in [-0.1, -0.05) is 32.1 Å². The van der Waals surface area contributed by atoms with E-state index in [1.165, 1.54) is 32.1 Å². The number of nitrogen functional groups attached to an aromatic ring is 1. The van der Waals surface area contributed by atoms with E-state index in [1.807, 2.05) is 0 Å². The molecule has 4 nitrogen and oxygen atoms in total. The van der Waals surface area contributed by atoms with E-state index < -0.39 is 0 Å². The van der Waals surface area contributed by atoms with Gasteiger partial charge in [0, 0.05) is 12.1 Å². The first-order valence-corrected chi connectivity index (χ1v) is 7.42. The van der Waals surface area contributed by atoms with Gasteiger partial charge in [0.1, 0.15) is 5.75 Å². The summed E-state index contributed by atoms with van der Waals surface area (Å²) in [5.41, 5.74) is 6.89. The zero-order valence-electron chi connectivity index (χ0n) is 12.2. The van der Waals surface area contributed by atoms with Gasteiger partial charge in [-0.15, -0.1) is 0 Å². The summed E-state index contributed by atoms with van der Waals surface area (Å²) in [4.78, 5) is 12.1. The minimum atomic E-state index is -0.0564. The van der Waals surface area contributed by atoms with Crippen LogP contribution in [-0.2, 0) is 0 Å². The van der Waals surface area contributed by atoms with Crippen molar-refractivity contribution < 1.29 is 9.53 Å². The third-order valence-corrected chi connectivity index (χ3v) is 4.06. The number of amides is 1. The van der Waals surface area contributed by atoms with E-state index in [9.17, 15) is 4.79 Å². The molecule has 1 aromatic rings. The normalized spacial score (nSPS) is 15.8. The number of carbonyl (C=O) groups excluding carboxylic acids is 1. The molecule has 1 aliphatic carbocycles. The molecule has 1 aliphatic rings. The number of hydrogen-bond donors (Lipinski definition) is 2. The van der Waals surface area contributed by atoms with Gasteiger partial charge in [0.15, 0.2) is 0 Å². The van der Waals surface area contributed by atoms with Crippen LogP contribution in [0, 0.1) is 5.92 Å². The Morgan fingerprint density at radius 2 is 2.10 bits per heavy atom. The van der Waals surface area contributed by atoms with Gasteiger partial charge in [0.05, 0.1) is 12.8 Å². The van der Waals surface area contributed by atoms with E-state index in [-0.39, 0.29) is 5.91 Å². The van der Waals surface area contributed by atoms with Gasteiger partial charge in [0.2, 0.25) is 0 Å². The topological polar surface area (TPSA) is 64.3 Å². The minimum Gasteiger partial charge on any atom is -0.495 e. The monoisotopic (exact) mass is 276 g/mol. The van der Waals surface area contributed by atoms with Crippen molar-refractivity contribution >= 4 is 11.6 Å². The van der Waals surface area contributed by atoms with Gasteiger partial charge in [-0.05, 0) is 30.5 Å². The maximum Gasteiger partial charge on any atom is 0.251 e. The number of ether oxygens (including phenoxy) is 1. The molecule has 0 radical (unpaired) electrons. The van der Waals surface area contributed by atoms with Crippen LogP contribution >= 0.6 is 0 Å². The van der Waals surface area contributed by atoms with Crippen molar-refractivity contribution in [2.75, 3.05) is 19.4 Å². The lowest BCUT2D eigenvalue weighted by Gasteiger charge is -2.21. The second-order valence-corrected chi connectivity index (χ2v) is 5.51. The Morgan fingerprint density at radius 3 is 2.80 bits per heavy atom. The summed E-state index contributed by atoms with van der Waals surface area (Å²) in [6, 6.07) is 5.12. The van der Waals surface area contributed by atoms with Crippen molar-refractivity contribution in [2.45, 2.75) is 38.5 Å². The molecule has 1 fully saturated rings. The smallest absolute Gasteiger partial charge is 0.251 e. The van der Waals surface area contributed by atoms with Crippen molar-refractivity contribution in [3.63, 3.8) is 0 Å². The zero-order chi connectivity index (χ0) is 14.4. The van der Waals surface area contributed by atoms with Crippen LogP contribution < -0.4 is 15.8 Å². The van der Waals surface area contributed by atoms with Crippen molar-refractivity contribution in [3.05, 3.63) is 23.8 Å². The van der Waals surface area contributed by atoms with E-state index in [0.29, 0.717) is 17.0 Å². The van der Waals surface area contributed by atoms with E-state index in [4.69, 9.17) is 10.5 Å². The summed E-state index contributed by atoms with van der Waals surface area (Å²) in [5, 5.41) is 2.98. The molecule has 0 aromatic heterocycles. The number of nitrogens with two attached hydrogens (primary N) is 1. The van der Waals surface area contributed by atoms with Crippen LogP contribution in [0.15, 0.2) is 18.2 Å². The lowest BCUT2D eigenvalue weighted by Crippen LogP contribution is -2.26. The number of rotatable bonds is 5. The Kier molecular flexibility index (Phi) is 5.27. The molecule has 0 saturated heterocycles. The number of methoxy groups -OCH3 is 1. The van der Waals surface area contributed by atoms with Gasteiger partial charge < -0.3 is 15.8 Å². The number of anilines is 1. The van der Waals surface area contributed by atoms with E-state index in [1.54, 1.807) is 25.3 Å². The fourth-order valence-corrected chi connectivity index (χ4v) is 2.82. The molecular weight excluding hydrogens is 252 g/mol. The quantitative estimate of drug-likeness (QED) is 0.813. The Bertz CT molecular complexity index is 454. The Labute approximate surface area is 120 Å². The molecular formula is C16H24N2O2. The van der Waals surface area contributed by atoms with Crippen LogP contribution in [0.4, 0.5) is 5.69 Å². The number of hydrogen-bond acceptors (Lipinski definition) is 3. The molecule has 3 N–H and O–H groups in total. The number of nitrogens with one attached hydrogen (secondary N) is 1. The summed E-state index contributed by atoms with van der Waals surface area (Å²) in [6.07, 6.45) is 7.75. The highest BCUT2D eigenvalue weighted by molar-refractivity contribution is 5.95. The van der Waals surface area contributed by atoms with Crippen LogP contribution in [0.3, 0.4) is 0 Å². The lowest BCUT2D eigenvalue weighted by atomic mass is 9.87. The van der Waals surface area contributed by atoms with Crippen LogP contribution in [0.5, 0.6) is 5.75 Å².